The van der Waals surface area contributed by atoms with E-state index in [1.54, 1.807) is 25.1 Å². The highest BCUT2D eigenvalue weighted by molar-refractivity contribution is 7.98. The maximum atomic E-state index is 13.2. The maximum absolute atomic E-state index is 13.2. The lowest BCUT2D eigenvalue weighted by Gasteiger charge is -2.29. The van der Waals surface area contributed by atoms with Crippen LogP contribution in [0.15, 0.2) is 64.2 Å². The average molecular weight is 524 g/mol. The topological polar surface area (TPSA) is 124 Å². The van der Waals surface area contributed by atoms with Crippen molar-refractivity contribution in [2.24, 2.45) is 0 Å². The van der Waals surface area contributed by atoms with Gasteiger partial charge in [0.2, 0.25) is 23.2 Å². The van der Waals surface area contributed by atoms with Crippen molar-refractivity contribution < 1.29 is 18.9 Å². The number of amides is 1. The number of benzene rings is 2. The molecule has 0 radical (unpaired) electrons. The molecule has 182 valence electrons. The number of hydrogen-bond donors (Lipinski definition) is 0. The largest absolute Gasteiger partial charge is 0.455 e. The number of carbonyl (C=O) groups is 1. The van der Waals surface area contributed by atoms with Gasteiger partial charge < -0.3 is 9.15 Å². The maximum Gasteiger partial charge on any atom is 0.270 e. The van der Waals surface area contributed by atoms with Gasteiger partial charge in [0.15, 0.2) is 11.5 Å². The number of rotatable bonds is 5. The minimum absolute atomic E-state index is 0.132. The fourth-order valence-corrected chi connectivity index (χ4v) is 4.44. The number of nitro groups is 1. The molecule has 0 saturated carbocycles. The van der Waals surface area contributed by atoms with Gasteiger partial charge in [0, 0.05) is 29.7 Å². The van der Waals surface area contributed by atoms with Crippen molar-refractivity contribution in [3.05, 3.63) is 75.5 Å². The number of fused-ring (bicyclic) bond motifs is 3. The Balaban J connectivity index is 1.65. The van der Waals surface area contributed by atoms with Gasteiger partial charge in [-0.1, -0.05) is 48.5 Å². The van der Waals surface area contributed by atoms with Crippen LogP contribution in [0.4, 0.5) is 11.4 Å². The summed E-state index contributed by atoms with van der Waals surface area (Å²) in [4.78, 5) is 29.8. The third-order valence-corrected chi connectivity index (χ3v) is 6.42. The first-order valence-electron chi connectivity index (χ1n) is 10.8. The van der Waals surface area contributed by atoms with Crippen LogP contribution < -0.4 is 9.64 Å². The summed E-state index contributed by atoms with van der Waals surface area (Å²) in [6.07, 6.45) is 1.03. The molecule has 36 heavy (non-hydrogen) atoms. The first-order chi connectivity index (χ1) is 17.4. The zero-order valence-corrected chi connectivity index (χ0v) is 20.6. The molecule has 3 heterocycles. The van der Waals surface area contributed by atoms with Crippen LogP contribution in [0.3, 0.4) is 0 Å². The second kappa shape index (κ2) is 9.59. The van der Waals surface area contributed by atoms with Gasteiger partial charge in [-0.15, -0.1) is 10.2 Å². The first-order valence-corrected chi connectivity index (χ1v) is 12.4. The molecule has 0 fully saturated rings. The van der Waals surface area contributed by atoms with Gasteiger partial charge in [0.25, 0.3) is 5.69 Å². The molecule has 1 aliphatic rings. The Kier molecular flexibility index (Phi) is 6.33. The molecule has 5 rings (SSSR count). The van der Waals surface area contributed by atoms with Gasteiger partial charge in [0.1, 0.15) is 5.76 Å². The van der Waals surface area contributed by atoms with Crippen molar-refractivity contribution in [2.75, 3.05) is 11.2 Å². The number of aromatic nitrogens is 3. The van der Waals surface area contributed by atoms with E-state index in [0.717, 1.165) is 0 Å². The smallest absolute Gasteiger partial charge is 0.270 e. The van der Waals surface area contributed by atoms with Crippen LogP contribution in [0, 0.1) is 10.1 Å². The Morgan fingerprint density at radius 2 is 1.97 bits per heavy atom. The molecule has 1 aliphatic heterocycles. The molecule has 2 aromatic carbocycles. The minimum atomic E-state index is -1.00. The van der Waals surface area contributed by atoms with Gasteiger partial charge >= 0.3 is 0 Å². The van der Waals surface area contributed by atoms with Crippen LogP contribution in [0.5, 0.6) is 5.88 Å². The Morgan fingerprint density at radius 3 is 2.69 bits per heavy atom. The molecule has 1 amide bonds. The van der Waals surface area contributed by atoms with Crippen molar-refractivity contribution >= 4 is 40.6 Å². The molecule has 0 spiro atoms. The van der Waals surface area contributed by atoms with Gasteiger partial charge in [-0.2, -0.15) is 4.98 Å². The van der Waals surface area contributed by atoms with Gasteiger partial charge in [0.05, 0.1) is 15.6 Å². The molecule has 0 saturated heterocycles. The second-order valence-corrected chi connectivity index (χ2v) is 8.86. The molecule has 0 bridgehead atoms. The fourth-order valence-electron chi connectivity index (χ4n) is 3.87. The predicted octanol–water partition coefficient (Wildman–Crippen LogP) is 5.92. The van der Waals surface area contributed by atoms with E-state index in [1.165, 1.54) is 34.9 Å². The summed E-state index contributed by atoms with van der Waals surface area (Å²) in [5.41, 5.74) is 1.96. The summed E-state index contributed by atoms with van der Waals surface area (Å²) in [6.45, 7) is 1.76. The van der Waals surface area contributed by atoms with E-state index in [0.29, 0.717) is 39.2 Å². The van der Waals surface area contributed by atoms with Gasteiger partial charge in [-0.05, 0) is 30.5 Å². The lowest BCUT2D eigenvalue weighted by Crippen LogP contribution is -2.37. The monoisotopic (exact) mass is 523 g/mol. The Labute approximate surface area is 214 Å². The number of thioether (sulfide) groups is 1. The zero-order valence-electron chi connectivity index (χ0n) is 19.0. The standard InChI is InChI=1S/C24H18ClN5O5S/c1-3-20(31)29-17-7-5-4-6-15(17)21-22(26-24(36-2)28-27-21)35-23(29)19-11-10-18(34-19)14-9-8-13(30(32)33)12-16(14)25/h4-12,23H,3H2,1-2H3/t23-/m1/s1. The summed E-state index contributed by atoms with van der Waals surface area (Å²) in [5, 5.41) is 20.1. The molecular weight excluding hydrogens is 506 g/mol. The van der Waals surface area contributed by atoms with E-state index in [4.69, 9.17) is 20.8 Å². The van der Waals surface area contributed by atoms with Crippen molar-refractivity contribution in [3.8, 4) is 28.5 Å². The summed E-state index contributed by atoms with van der Waals surface area (Å²) in [6, 6.07) is 14.7. The molecule has 12 heteroatoms. The molecule has 4 aromatic rings. The van der Waals surface area contributed by atoms with Crippen LogP contribution in [-0.2, 0) is 4.79 Å². The summed E-state index contributed by atoms with van der Waals surface area (Å²) in [5.74, 6) is 0.683. The summed E-state index contributed by atoms with van der Waals surface area (Å²) < 4.78 is 12.4. The highest BCUT2D eigenvalue weighted by atomic mass is 35.5. The van der Waals surface area contributed by atoms with E-state index >= 15 is 0 Å². The summed E-state index contributed by atoms with van der Waals surface area (Å²) in [7, 11) is 0. The SMILES string of the molecule is CCC(=O)N1c2ccccc2-c2nnc(SC)nc2O[C@@H]1c1ccc(-c2ccc([N+](=O)[O-])cc2Cl)o1. The number of para-hydroxylation sites is 1. The molecule has 1 atom stereocenters. The van der Waals surface area contributed by atoms with E-state index in [2.05, 4.69) is 15.2 Å². The third kappa shape index (κ3) is 4.16. The van der Waals surface area contributed by atoms with Crippen molar-refractivity contribution in [1.82, 2.24) is 15.2 Å². The molecular formula is C24H18ClN5O5S. The number of anilines is 1. The van der Waals surface area contributed by atoms with Gasteiger partial charge in [-0.3, -0.25) is 19.8 Å². The number of carbonyl (C=O) groups excluding carboxylic acids is 1. The second-order valence-electron chi connectivity index (χ2n) is 7.68. The van der Waals surface area contributed by atoms with Crippen LogP contribution in [0.25, 0.3) is 22.6 Å². The fraction of sp³-hybridized carbons (Fsp3) is 0.167. The highest BCUT2D eigenvalue weighted by Crippen LogP contribution is 2.44. The molecule has 0 unspecified atom stereocenters. The number of furan rings is 1. The summed E-state index contributed by atoms with van der Waals surface area (Å²) >= 11 is 7.62. The zero-order chi connectivity index (χ0) is 25.4. The minimum Gasteiger partial charge on any atom is -0.455 e. The van der Waals surface area contributed by atoms with E-state index in [-0.39, 0.29) is 28.9 Å². The van der Waals surface area contributed by atoms with Crippen molar-refractivity contribution in [2.45, 2.75) is 24.7 Å². The molecule has 0 aliphatic carbocycles. The number of ether oxygens (including phenoxy) is 1. The predicted molar refractivity (Wildman–Crippen MR) is 134 cm³/mol. The highest BCUT2D eigenvalue weighted by Gasteiger charge is 2.37. The molecule has 2 aromatic heterocycles. The van der Waals surface area contributed by atoms with Crippen LogP contribution in [-0.4, -0.2) is 32.3 Å². The number of nitro benzene ring substituents is 1. The molecule has 10 nitrogen and oxygen atoms in total. The van der Waals surface area contributed by atoms with E-state index in [9.17, 15) is 14.9 Å². The first kappa shape index (κ1) is 23.8. The Hall–Kier alpha value is -3.96. The average Bonchev–Trinajstić information content (AvgIpc) is 3.32. The lowest BCUT2D eigenvalue weighted by molar-refractivity contribution is -0.384. The number of halogens is 1. The Bertz CT molecular complexity index is 1490. The number of nitrogens with zero attached hydrogens (tertiary/aromatic N) is 5. The van der Waals surface area contributed by atoms with Crippen LogP contribution in [0.2, 0.25) is 5.02 Å². The number of non-ortho nitro benzene ring substituents is 1. The van der Waals surface area contributed by atoms with E-state index in [1.807, 2.05) is 24.5 Å². The lowest BCUT2D eigenvalue weighted by atomic mass is 10.1. The van der Waals surface area contributed by atoms with Crippen molar-refractivity contribution in [3.63, 3.8) is 0 Å². The van der Waals surface area contributed by atoms with Crippen molar-refractivity contribution in [1.29, 1.82) is 0 Å². The third-order valence-electron chi connectivity index (χ3n) is 5.56. The van der Waals surface area contributed by atoms with E-state index < -0.39 is 11.2 Å². The van der Waals surface area contributed by atoms with Crippen LogP contribution >= 0.6 is 23.4 Å². The van der Waals surface area contributed by atoms with Crippen LogP contribution in [0.1, 0.15) is 25.3 Å². The molecule has 0 N–H and O–H groups in total. The normalized spacial score (nSPS) is 14.4. The number of hydrogen-bond acceptors (Lipinski definition) is 9. The Morgan fingerprint density at radius 1 is 1.17 bits per heavy atom. The quantitative estimate of drug-likeness (QED) is 0.178. The van der Waals surface area contributed by atoms with Gasteiger partial charge in [-0.25, -0.2) is 0 Å².